The maximum Gasteiger partial charge on any atom is 0.421 e. The minimum absolute atomic E-state index is 0.0602. The van der Waals surface area contributed by atoms with Crippen molar-refractivity contribution in [3.63, 3.8) is 0 Å². The largest absolute Gasteiger partial charge is 0.497 e. The van der Waals surface area contributed by atoms with E-state index in [2.05, 4.69) is 0 Å². The molecule has 0 bridgehead atoms. The zero-order valence-corrected chi connectivity index (χ0v) is 18.2. The lowest BCUT2D eigenvalue weighted by Crippen LogP contribution is -2.64. The molecule has 1 aliphatic carbocycles. The van der Waals surface area contributed by atoms with Crippen molar-refractivity contribution in [2.45, 2.75) is 64.7 Å². The van der Waals surface area contributed by atoms with Crippen molar-refractivity contribution in [1.82, 2.24) is 4.90 Å². The average Bonchev–Trinajstić information content (AvgIpc) is 2.54. The first-order valence-electron chi connectivity index (χ1n) is 9.27. The van der Waals surface area contributed by atoms with Crippen LogP contribution in [0.2, 0.25) is 0 Å². The summed E-state index contributed by atoms with van der Waals surface area (Å²) in [6.45, 7) is 10.0. The monoisotopic (exact) mass is 407 g/mol. The fourth-order valence-corrected chi connectivity index (χ4v) is 3.15. The van der Waals surface area contributed by atoms with E-state index in [0.717, 1.165) is 10.5 Å². The van der Waals surface area contributed by atoms with Gasteiger partial charge in [0, 0.05) is 6.42 Å². The lowest BCUT2D eigenvalue weighted by Gasteiger charge is -2.47. The van der Waals surface area contributed by atoms with Crippen LogP contribution in [0.3, 0.4) is 0 Å². The van der Waals surface area contributed by atoms with Crippen LogP contribution in [0.25, 0.3) is 0 Å². The zero-order chi connectivity index (χ0) is 22.2. The Morgan fingerprint density at radius 1 is 0.931 bits per heavy atom. The molecule has 2 rings (SSSR count). The predicted octanol–water partition coefficient (Wildman–Crippen LogP) is 3.79. The van der Waals surface area contributed by atoms with Gasteiger partial charge in [-0.15, -0.1) is 0 Å². The molecule has 1 aliphatic rings. The molecule has 0 spiro atoms. The number of rotatable bonds is 3. The molecule has 0 N–H and O–H groups in total. The molecule has 1 unspecified atom stereocenters. The molecule has 0 saturated heterocycles. The number of imide groups is 1. The average molecular weight is 407 g/mol. The van der Waals surface area contributed by atoms with Gasteiger partial charge in [0.1, 0.15) is 17.0 Å². The van der Waals surface area contributed by atoms with Crippen LogP contribution in [-0.2, 0) is 31.0 Å². The van der Waals surface area contributed by atoms with Gasteiger partial charge in [-0.25, -0.2) is 14.4 Å². The normalized spacial score (nSPS) is 18.1. The summed E-state index contributed by atoms with van der Waals surface area (Å²) in [4.78, 5) is 39.7. The van der Waals surface area contributed by atoms with E-state index in [-0.39, 0.29) is 6.42 Å². The Balaban J connectivity index is 2.61. The number of carbonyl (C=O) groups excluding carboxylic acids is 3. The van der Waals surface area contributed by atoms with Crippen molar-refractivity contribution >= 4 is 18.2 Å². The summed E-state index contributed by atoms with van der Waals surface area (Å²) in [6, 6.07) is 5.03. The third kappa shape index (κ3) is 4.46. The van der Waals surface area contributed by atoms with Crippen molar-refractivity contribution in [2.75, 3.05) is 14.2 Å². The van der Waals surface area contributed by atoms with Crippen LogP contribution in [0.1, 0.15) is 52.7 Å². The van der Waals surface area contributed by atoms with Gasteiger partial charge >= 0.3 is 18.2 Å². The van der Waals surface area contributed by atoms with Crippen molar-refractivity contribution in [3.05, 3.63) is 29.3 Å². The number of hydrogen-bond acceptors (Lipinski definition) is 7. The highest BCUT2D eigenvalue weighted by molar-refractivity contribution is 5.99. The van der Waals surface area contributed by atoms with Crippen LogP contribution in [0.4, 0.5) is 9.59 Å². The van der Waals surface area contributed by atoms with Gasteiger partial charge in [0.05, 0.1) is 14.2 Å². The highest BCUT2D eigenvalue weighted by Gasteiger charge is 2.60. The number of amides is 2. The fraction of sp³-hybridized carbons (Fsp3) is 0.571. The van der Waals surface area contributed by atoms with Crippen LogP contribution in [0.5, 0.6) is 5.75 Å². The number of esters is 1. The first-order valence-corrected chi connectivity index (χ1v) is 9.27. The highest BCUT2D eigenvalue weighted by atomic mass is 16.6. The SMILES string of the molecule is COC(=O)C1(N(C(=O)OC(C)(C)C)C(=O)OC(C)(C)C)Cc2cc(OC)ccc21. The second-order valence-corrected chi connectivity index (χ2v) is 8.85. The molecule has 0 heterocycles. The number of fused-ring (bicyclic) bond motifs is 1. The molecule has 29 heavy (non-hydrogen) atoms. The number of methoxy groups -OCH3 is 2. The predicted molar refractivity (Wildman–Crippen MR) is 105 cm³/mol. The third-order valence-electron chi connectivity index (χ3n) is 4.26. The molecule has 0 aromatic heterocycles. The minimum Gasteiger partial charge on any atom is -0.497 e. The Morgan fingerprint density at radius 3 is 1.83 bits per heavy atom. The zero-order valence-electron chi connectivity index (χ0n) is 18.2. The molecule has 2 amide bonds. The maximum atomic E-state index is 13.0. The molecule has 8 nitrogen and oxygen atoms in total. The molecular weight excluding hydrogens is 378 g/mol. The maximum absolute atomic E-state index is 13.0. The number of benzene rings is 1. The first kappa shape index (κ1) is 22.5. The number of carbonyl (C=O) groups is 3. The van der Waals surface area contributed by atoms with Crippen molar-refractivity contribution < 1.29 is 33.3 Å². The standard InChI is InChI=1S/C21H29NO7/c1-19(2,3)28-17(24)22(18(25)29-20(4,5)6)21(16(23)27-8)12-13-11-14(26-7)9-10-15(13)21/h9-11H,12H2,1-8H3. The van der Waals surface area contributed by atoms with Gasteiger partial charge in [0.15, 0.2) is 5.54 Å². The number of hydrogen-bond donors (Lipinski definition) is 0. The van der Waals surface area contributed by atoms with Gasteiger partial charge in [0.2, 0.25) is 0 Å². The summed E-state index contributed by atoms with van der Waals surface area (Å²) in [5.41, 5.74) is -2.24. The second-order valence-electron chi connectivity index (χ2n) is 8.85. The Bertz CT molecular complexity index is 791. The molecule has 1 aromatic rings. The van der Waals surface area contributed by atoms with Crippen LogP contribution in [0, 0.1) is 0 Å². The lowest BCUT2D eigenvalue weighted by molar-refractivity contribution is -0.157. The van der Waals surface area contributed by atoms with E-state index < -0.39 is 34.9 Å². The van der Waals surface area contributed by atoms with E-state index in [1.807, 2.05) is 0 Å². The van der Waals surface area contributed by atoms with Crippen LogP contribution < -0.4 is 4.74 Å². The van der Waals surface area contributed by atoms with Crippen molar-refractivity contribution in [1.29, 1.82) is 0 Å². The Kier molecular flexibility index (Phi) is 5.88. The van der Waals surface area contributed by atoms with E-state index in [4.69, 9.17) is 18.9 Å². The van der Waals surface area contributed by atoms with E-state index >= 15 is 0 Å². The molecule has 1 atom stereocenters. The van der Waals surface area contributed by atoms with Gasteiger partial charge in [-0.3, -0.25) is 0 Å². The van der Waals surface area contributed by atoms with Crippen LogP contribution in [-0.4, -0.2) is 48.5 Å². The summed E-state index contributed by atoms with van der Waals surface area (Å²) in [7, 11) is 2.73. The number of ether oxygens (including phenoxy) is 4. The van der Waals surface area contributed by atoms with Gasteiger partial charge in [0.25, 0.3) is 0 Å². The smallest absolute Gasteiger partial charge is 0.421 e. The van der Waals surface area contributed by atoms with Crippen molar-refractivity contribution in [2.24, 2.45) is 0 Å². The molecule has 160 valence electrons. The second kappa shape index (κ2) is 7.57. The summed E-state index contributed by atoms with van der Waals surface area (Å²) in [5, 5.41) is 0. The van der Waals surface area contributed by atoms with Crippen LogP contribution >= 0.6 is 0 Å². The van der Waals surface area contributed by atoms with Gasteiger partial charge in [-0.2, -0.15) is 4.90 Å². The summed E-state index contributed by atoms with van der Waals surface area (Å²) < 4.78 is 21.0. The van der Waals surface area contributed by atoms with E-state index in [9.17, 15) is 14.4 Å². The van der Waals surface area contributed by atoms with Gasteiger partial charge < -0.3 is 18.9 Å². The first-order chi connectivity index (χ1) is 13.2. The Hall–Kier alpha value is -2.77. The third-order valence-corrected chi connectivity index (χ3v) is 4.26. The summed E-state index contributed by atoms with van der Waals surface area (Å²) >= 11 is 0. The quantitative estimate of drug-likeness (QED) is 0.556. The summed E-state index contributed by atoms with van der Waals surface area (Å²) in [5.74, 6) is -0.157. The molecule has 0 fully saturated rings. The van der Waals surface area contributed by atoms with Gasteiger partial charge in [-0.1, -0.05) is 6.07 Å². The highest BCUT2D eigenvalue weighted by Crippen LogP contribution is 2.47. The Morgan fingerprint density at radius 2 is 1.45 bits per heavy atom. The van der Waals surface area contributed by atoms with Crippen LogP contribution in [0.15, 0.2) is 18.2 Å². The van der Waals surface area contributed by atoms with Gasteiger partial charge in [-0.05, 0) is 64.8 Å². The van der Waals surface area contributed by atoms with E-state index in [1.165, 1.54) is 14.2 Å². The van der Waals surface area contributed by atoms with E-state index in [1.54, 1.807) is 59.7 Å². The molecule has 0 radical (unpaired) electrons. The Labute approximate surface area is 171 Å². The molecule has 0 saturated carbocycles. The number of nitrogens with zero attached hydrogens (tertiary/aromatic N) is 1. The molecule has 8 heteroatoms. The molecule has 1 aromatic carbocycles. The fourth-order valence-electron chi connectivity index (χ4n) is 3.15. The van der Waals surface area contributed by atoms with E-state index in [0.29, 0.717) is 11.3 Å². The summed E-state index contributed by atoms with van der Waals surface area (Å²) in [6.07, 6.45) is -1.91. The topological polar surface area (TPSA) is 91.4 Å². The minimum atomic E-state index is -1.68. The lowest BCUT2D eigenvalue weighted by atomic mass is 9.69. The van der Waals surface area contributed by atoms with Crippen molar-refractivity contribution in [3.8, 4) is 5.75 Å². The molecular formula is C21H29NO7. The molecule has 0 aliphatic heterocycles.